The third-order valence-electron chi connectivity index (χ3n) is 3.37. The minimum atomic E-state index is -2.92. The van der Waals surface area contributed by atoms with Gasteiger partial charge in [0.05, 0.1) is 11.0 Å². The van der Waals surface area contributed by atoms with Crippen molar-refractivity contribution < 1.29 is 8.42 Å². The second kappa shape index (κ2) is 4.73. The average molecular weight is 317 g/mol. The van der Waals surface area contributed by atoms with Crippen molar-refractivity contribution in [1.29, 1.82) is 0 Å². The van der Waals surface area contributed by atoms with E-state index in [4.69, 9.17) is 0 Å². The highest BCUT2D eigenvalue weighted by Gasteiger charge is 2.27. The van der Waals surface area contributed by atoms with Crippen LogP contribution in [0.5, 0.6) is 0 Å². The zero-order valence-electron chi connectivity index (χ0n) is 10.1. The Labute approximate surface area is 111 Å². The van der Waals surface area contributed by atoms with Gasteiger partial charge in [0.1, 0.15) is 0 Å². The van der Waals surface area contributed by atoms with E-state index in [1.807, 2.05) is 6.07 Å². The SMILES string of the molecule is CC(C)S(=O)(=O)C[C@H]1Cc2ccc(Br)cc2C1. The minimum Gasteiger partial charge on any atom is -0.229 e. The first-order valence-corrected chi connectivity index (χ1v) is 8.38. The van der Waals surface area contributed by atoms with Crippen molar-refractivity contribution in [2.24, 2.45) is 5.92 Å². The van der Waals surface area contributed by atoms with Crippen LogP contribution in [0, 0.1) is 5.92 Å². The van der Waals surface area contributed by atoms with Gasteiger partial charge in [0, 0.05) is 4.47 Å². The molecule has 4 heteroatoms. The molecular weight excluding hydrogens is 300 g/mol. The van der Waals surface area contributed by atoms with E-state index in [1.165, 1.54) is 11.1 Å². The predicted octanol–water partition coefficient (Wildman–Crippen LogP) is 2.99. The van der Waals surface area contributed by atoms with Crippen LogP contribution in [0.2, 0.25) is 0 Å². The normalized spacial score (nSPS) is 19.6. The van der Waals surface area contributed by atoms with Crippen molar-refractivity contribution in [3.05, 3.63) is 33.8 Å². The van der Waals surface area contributed by atoms with Crippen molar-refractivity contribution in [1.82, 2.24) is 0 Å². The Kier molecular flexibility index (Phi) is 3.64. The fourth-order valence-corrected chi connectivity index (χ4v) is 4.00. The Hall–Kier alpha value is -0.350. The summed E-state index contributed by atoms with van der Waals surface area (Å²) in [6.07, 6.45) is 1.79. The lowest BCUT2D eigenvalue weighted by molar-refractivity contribution is 0.557. The quantitative estimate of drug-likeness (QED) is 0.859. The molecule has 1 aromatic carbocycles. The minimum absolute atomic E-state index is 0.256. The highest BCUT2D eigenvalue weighted by atomic mass is 79.9. The van der Waals surface area contributed by atoms with E-state index in [2.05, 4.69) is 28.1 Å². The highest BCUT2D eigenvalue weighted by molar-refractivity contribution is 9.10. The van der Waals surface area contributed by atoms with Crippen molar-refractivity contribution in [2.45, 2.75) is 31.9 Å². The fraction of sp³-hybridized carbons (Fsp3) is 0.538. The molecule has 0 bridgehead atoms. The van der Waals surface area contributed by atoms with Gasteiger partial charge in [-0.1, -0.05) is 22.0 Å². The second-order valence-electron chi connectivity index (χ2n) is 5.07. The maximum absolute atomic E-state index is 11.9. The summed E-state index contributed by atoms with van der Waals surface area (Å²) in [6.45, 7) is 3.52. The lowest BCUT2D eigenvalue weighted by Crippen LogP contribution is -2.23. The Morgan fingerprint density at radius 2 is 1.94 bits per heavy atom. The van der Waals surface area contributed by atoms with Gasteiger partial charge < -0.3 is 0 Å². The zero-order valence-corrected chi connectivity index (χ0v) is 12.5. The van der Waals surface area contributed by atoms with E-state index in [0.29, 0.717) is 5.75 Å². The van der Waals surface area contributed by atoms with Crippen molar-refractivity contribution >= 4 is 25.8 Å². The molecule has 1 aliphatic rings. The summed E-state index contributed by atoms with van der Waals surface area (Å²) in [7, 11) is -2.92. The number of sulfone groups is 1. The van der Waals surface area contributed by atoms with Crippen molar-refractivity contribution in [3.8, 4) is 0 Å². The highest BCUT2D eigenvalue weighted by Crippen LogP contribution is 2.30. The maximum atomic E-state index is 11.9. The number of fused-ring (bicyclic) bond motifs is 1. The Bertz CT molecular complexity index is 520. The molecule has 2 rings (SSSR count). The number of hydrogen-bond donors (Lipinski definition) is 0. The van der Waals surface area contributed by atoms with Crippen LogP contribution < -0.4 is 0 Å². The molecule has 0 aliphatic heterocycles. The molecule has 0 saturated carbocycles. The van der Waals surface area contributed by atoms with Crippen LogP contribution in [0.4, 0.5) is 0 Å². The molecule has 94 valence electrons. The van der Waals surface area contributed by atoms with Gasteiger partial charge in [-0.15, -0.1) is 0 Å². The number of rotatable bonds is 3. The van der Waals surface area contributed by atoms with Gasteiger partial charge in [-0.3, -0.25) is 0 Å². The molecule has 2 nitrogen and oxygen atoms in total. The van der Waals surface area contributed by atoms with Crippen LogP contribution in [-0.4, -0.2) is 19.4 Å². The van der Waals surface area contributed by atoms with E-state index in [0.717, 1.165) is 17.3 Å². The Morgan fingerprint density at radius 3 is 2.59 bits per heavy atom. The van der Waals surface area contributed by atoms with E-state index in [9.17, 15) is 8.42 Å². The first kappa shape index (κ1) is 13.1. The lowest BCUT2D eigenvalue weighted by Gasteiger charge is -2.12. The Morgan fingerprint density at radius 1 is 1.29 bits per heavy atom. The number of hydrogen-bond acceptors (Lipinski definition) is 2. The monoisotopic (exact) mass is 316 g/mol. The van der Waals surface area contributed by atoms with Gasteiger partial charge in [0.15, 0.2) is 9.84 Å². The Balaban J connectivity index is 2.11. The number of halogens is 1. The lowest BCUT2D eigenvalue weighted by atomic mass is 10.1. The second-order valence-corrected chi connectivity index (χ2v) is 8.58. The molecule has 0 aromatic heterocycles. The summed E-state index contributed by atoms with van der Waals surface area (Å²) in [5, 5.41) is -0.266. The molecular formula is C13H17BrO2S. The van der Waals surface area contributed by atoms with E-state index in [1.54, 1.807) is 13.8 Å². The molecule has 1 atom stereocenters. The van der Waals surface area contributed by atoms with Crippen LogP contribution in [0.3, 0.4) is 0 Å². The van der Waals surface area contributed by atoms with E-state index < -0.39 is 9.84 Å². The van der Waals surface area contributed by atoms with Gasteiger partial charge >= 0.3 is 0 Å². The van der Waals surface area contributed by atoms with Crippen LogP contribution in [0.1, 0.15) is 25.0 Å². The first-order valence-electron chi connectivity index (χ1n) is 5.87. The molecule has 0 unspecified atom stereocenters. The van der Waals surface area contributed by atoms with Crippen molar-refractivity contribution in [3.63, 3.8) is 0 Å². The predicted molar refractivity (Wildman–Crippen MR) is 74.0 cm³/mol. The van der Waals surface area contributed by atoms with Crippen molar-refractivity contribution in [2.75, 3.05) is 5.75 Å². The molecule has 0 amide bonds. The van der Waals surface area contributed by atoms with Crippen LogP contribution in [0.15, 0.2) is 22.7 Å². The summed E-state index contributed by atoms with van der Waals surface area (Å²) in [4.78, 5) is 0. The van der Waals surface area contributed by atoms with Gasteiger partial charge in [-0.25, -0.2) is 8.42 Å². The molecule has 0 saturated heterocycles. The van der Waals surface area contributed by atoms with Gasteiger partial charge in [0.25, 0.3) is 0 Å². The molecule has 0 fully saturated rings. The molecule has 1 aromatic rings. The van der Waals surface area contributed by atoms with Crippen LogP contribution in [0.25, 0.3) is 0 Å². The number of benzene rings is 1. The largest absolute Gasteiger partial charge is 0.229 e. The topological polar surface area (TPSA) is 34.1 Å². The standard InChI is InChI=1S/C13H17BrO2S/c1-9(2)17(15,16)8-10-5-11-3-4-13(14)7-12(11)6-10/h3-4,7,9-10H,5-6,8H2,1-2H3/t10-/m0/s1. The molecule has 1 aliphatic carbocycles. The van der Waals surface area contributed by atoms with Gasteiger partial charge in [-0.2, -0.15) is 0 Å². The summed E-state index contributed by atoms with van der Waals surface area (Å²) < 4.78 is 24.9. The summed E-state index contributed by atoms with van der Waals surface area (Å²) in [5.74, 6) is 0.573. The summed E-state index contributed by atoms with van der Waals surface area (Å²) in [6, 6.07) is 6.23. The molecule has 0 spiro atoms. The average Bonchev–Trinajstić information content (AvgIpc) is 2.57. The molecule has 0 heterocycles. The molecule has 0 radical (unpaired) electrons. The third-order valence-corrected chi connectivity index (χ3v) is 6.24. The summed E-state index contributed by atoms with van der Waals surface area (Å²) in [5.41, 5.74) is 2.60. The van der Waals surface area contributed by atoms with E-state index in [-0.39, 0.29) is 11.2 Å². The van der Waals surface area contributed by atoms with Gasteiger partial charge in [0.2, 0.25) is 0 Å². The molecule has 0 N–H and O–H groups in total. The fourth-order valence-electron chi connectivity index (χ4n) is 2.32. The first-order chi connectivity index (χ1) is 7.88. The maximum Gasteiger partial charge on any atom is 0.152 e. The van der Waals surface area contributed by atoms with E-state index >= 15 is 0 Å². The van der Waals surface area contributed by atoms with Gasteiger partial charge in [-0.05, 0) is 55.9 Å². The van der Waals surface area contributed by atoms with Crippen LogP contribution >= 0.6 is 15.9 Å². The smallest absolute Gasteiger partial charge is 0.152 e. The third kappa shape index (κ3) is 2.91. The zero-order chi connectivity index (χ0) is 12.6. The summed E-state index contributed by atoms with van der Waals surface area (Å²) >= 11 is 3.45. The van der Waals surface area contributed by atoms with Crippen LogP contribution in [-0.2, 0) is 22.7 Å². The molecule has 17 heavy (non-hydrogen) atoms.